The molecule has 110 valence electrons. The number of methoxy groups -OCH3 is 1. The van der Waals surface area contributed by atoms with Crippen LogP contribution in [0.2, 0.25) is 0 Å². The van der Waals surface area contributed by atoms with Crippen molar-refractivity contribution in [3.8, 4) is 0 Å². The van der Waals surface area contributed by atoms with Crippen LogP contribution in [0.5, 0.6) is 0 Å². The largest absolute Gasteiger partial charge is 0.467 e. The Labute approximate surface area is 118 Å². The molecule has 0 saturated heterocycles. The zero-order valence-corrected chi connectivity index (χ0v) is 12.2. The molecule has 1 unspecified atom stereocenters. The van der Waals surface area contributed by atoms with Gasteiger partial charge in [-0.15, -0.1) is 0 Å². The van der Waals surface area contributed by atoms with E-state index >= 15 is 0 Å². The summed E-state index contributed by atoms with van der Waals surface area (Å²) in [5.41, 5.74) is 1.12. The van der Waals surface area contributed by atoms with Crippen molar-refractivity contribution in [2.45, 2.75) is 33.2 Å². The van der Waals surface area contributed by atoms with Gasteiger partial charge < -0.3 is 10.1 Å². The van der Waals surface area contributed by atoms with Gasteiger partial charge in [-0.1, -0.05) is 19.9 Å². The number of rotatable bonds is 6. The number of ether oxygens (including phenoxy) is 1. The molecule has 6 heteroatoms. The Bertz CT molecular complexity index is 500. The highest BCUT2D eigenvalue weighted by Crippen LogP contribution is 2.26. The summed E-state index contributed by atoms with van der Waals surface area (Å²) < 4.78 is 4.77. The molecule has 1 N–H and O–H groups in total. The summed E-state index contributed by atoms with van der Waals surface area (Å²) >= 11 is 0. The van der Waals surface area contributed by atoms with E-state index < -0.39 is 11.0 Å². The summed E-state index contributed by atoms with van der Waals surface area (Å²) in [6, 6.07) is 4.24. The van der Waals surface area contributed by atoms with E-state index in [9.17, 15) is 14.9 Å². The number of nitrogens with zero attached hydrogens (tertiary/aromatic N) is 1. The molecule has 0 heterocycles. The first-order chi connectivity index (χ1) is 9.36. The van der Waals surface area contributed by atoms with Crippen LogP contribution in [-0.4, -0.2) is 24.0 Å². The summed E-state index contributed by atoms with van der Waals surface area (Å²) in [5, 5.41) is 14.0. The van der Waals surface area contributed by atoms with Gasteiger partial charge in [-0.05, 0) is 25.3 Å². The molecule has 0 aliphatic carbocycles. The lowest BCUT2D eigenvalue weighted by Crippen LogP contribution is -2.32. The highest BCUT2D eigenvalue weighted by molar-refractivity contribution is 5.80. The van der Waals surface area contributed by atoms with E-state index in [0.29, 0.717) is 23.6 Å². The van der Waals surface area contributed by atoms with Gasteiger partial charge in [-0.3, -0.25) is 10.1 Å². The highest BCUT2D eigenvalue weighted by Gasteiger charge is 2.22. The molecule has 0 spiro atoms. The molecule has 0 fully saturated rings. The third-order valence-electron chi connectivity index (χ3n) is 3.02. The monoisotopic (exact) mass is 280 g/mol. The number of carbonyl (C=O) groups is 1. The Balaban J connectivity index is 3.02. The first-order valence-corrected chi connectivity index (χ1v) is 6.45. The number of hydrogen-bond acceptors (Lipinski definition) is 5. The summed E-state index contributed by atoms with van der Waals surface area (Å²) in [5.74, 6) is -0.0739. The average Bonchev–Trinajstić information content (AvgIpc) is 2.38. The Morgan fingerprint density at radius 1 is 1.45 bits per heavy atom. The van der Waals surface area contributed by atoms with E-state index in [1.54, 1.807) is 19.1 Å². The van der Waals surface area contributed by atoms with E-state index in [0.717, 1.165) is 0 Å². The van der Waals surface area contributed by atoms with Crippen LogP contribution in [0.3, 0.4) is 0 Å². The number of carbonyl (C=O) groups excluding carboxylic acids is 1. The lowest BCUT2D eigenvalue weighted by Gasteiger charge is -2.20. The molecule has 0 saturated carbocycles. The number of nitro groups is 1. The normalized spacial score (nSPS) is 12.1. The minimum absolute atomic E-state index is 0.0307. The topological polar surface area (TPSA) is 81.5 Å². The Morgan fingerprint density at radius 2 is 2.10 bits per heavy atom. The van der Waals surface area contributed by atoms with Crippen LogP contribution in [0.1, 0.15) is 25.8 Å². The molecule has 6 nitrogen and oxygen atoms in total. The van der Waals surface area contributed by atoms with Crippen LogP contribution in [0, 0.1) is 23.0 Å². The van der Waals surface area contributed by atoms with Crippen LogP contribution in [-0.2, 0) is 9.53 Å². The maximum Gasteiger partial charge on any atom is 0.328 e. The predicted molar refractivity (Wildman–Crippen MR) is 76.7 cm³/mol. The second kappa shape index (κ2) is 6.88. The molecule has 1 rings (SSSR count). The Morgan fingerprint density at radius 3 is 2.60 bits per heavy atom. The van der Waals surface area contributed by atoms with Crippen molar-refractivity contribution < 1.29 is 14.5 Å². The molecule has 1 aromatic carbocycles. The number of benzene rings is 1. The second-order valence-electron chi connectivity index (χ2n) is 5.06. The maximum atomic E-state index is 11.8. The minimum Gasteiger partial charge on any atom is -0.467 e. The number of nitro benzene ring substituents is 1. The number of hydrogen-bond donors (Lipinski definition) is 1. The fraction of sp³-hybridized carbons (Fsp3) is 0.500. The van der Waals surface area contributed by atoms with Gasteiger partial charge in [-0.2, -0.15) is 0 Å². The molecule has 0 aliphatic heterocycles. The maximum absolute atomic E-state index is 11.8. The summed E-state index contributed by atoms with van der Waals surface area (Å²) in [6.45, 7) is 5.65. The lowest BCUT2D eigenvalue weighted by atomic mass is 10.0. The van der Waals surface area contributed by atoms with Crippen LogP contribution in [0.25, 0.3) is 0 Å². The third kappa shape index (κ3) is 3.94. The quantitative estimate of drug-likeness (QED) is 0.492. The van der Waals surface area contributed by atoms with Gasteiger partial charge in [-0.25, -0.2) is 4.79 Å². The zero-order valence-electron chi connectivity index (χ0n) is 12.2. The summed E-state index contributed by atoms with van der Waals surface area (Å²) in [6.07, 6.45) is 0.592. The van der Waals surface area contributed by atoms with Crippen molar-refractivity contribution in [2.24, 2.45) is 5.92 Å². The molecule has 0 bridgehead atoms. The molecule has 1 aromatic rings. The number of anilines is 1. The lowest BCUT2D eigenvalue weighted by molar-refractivity contribution is -0.385. The van der Waals surface area contributed by atoms with E-state index in [1.165, 1.54) is 13.2 Å². The fourth-order valence-electron chi connectivity index (χ4n) is 1.99. The van der Waals surface area contributed by atoms with Crippen molar-refractivity contribution in [2.75, 3.05) is 12.4 Å². The van der Waals surface area contributed by atoms with Crippen LogP contribution < -0.4 is 5.32 Å². The molecule has 20 heavy (non-hydrogen) atoms. The van der Waals surface area contributed by atoms with Gasteiger partial charge >= 0.3 is 5.97 Å². The molecule has 0 radical (unpaired) electrons. The van der Waals surface area contributed by atoms with Gasteiger partial charge in [0.15, 0.2) is 0 Å². The van der Waals surface area contributed by atoms with Gasteiger partial charge in [0, 0.05) is 17.3 Å². The van der Waals surface area contributed by atoms with Crippen molar-refractivity contribution in [1.82, 2.24) is 0 Å². The van der Waals surface area contributed by atoms with Gasteiger partial charge in [0.1, 0.15) is 6.04 Å². The van der Waals surface area contributed by atoms with Gasteiger partial charge in [0.05, 0.1) is 12.0 Å². The van der Waals surface area contributed by atoms with Crippen LogP contribution in [0.4, 0.5) is 11.4 Å². The Kier molecular flexibility index (Phi) is 5.49. The molecular weight excluding hydrogens is 260 g/mol. The van der Waals surface area contributed by atoms with Crippen LogP contribution in [0.15, 0.2) is 18.2 Å². The fourth-order valence-corrected chi connectivity index (χ4v) is 1.99. The van der Waals surface area contributed by atoms with E-state index in [4.69, 9.17) is 4.74 Å². The summed E-state index contributed by atoms with van der Waals surface area (Å²) in [4.78, 5) is 22.2. The van der Waals surface area contributed by atoms with E-state index in [-0.39, 0.29) is 11.7 Å². The smallest absolute Gasteiger partial charge is 0.328 e. The first-order valence-electron chi connectivity index (χ1n) is 6.45. The van der Waals surface area contributed by atoms with Crippen molar-refractivity contribution in [3.63, 3.8) is 0 Å². The van der Waals surface area contributed by atoms with E-state index in [1.807, 2.05) is 13.8 Å². The second-order valence-corrected chi connectivity index (χ2v) is 5.06. The molecule has 1 atom stereocenters. The van der Waals surface area contributed by atoms with Crippen molar-refractivity contribution >= 4 is 17.3 Å². The molecule has 0 aliphatic rings. The zero-order chi connectivity index (χ0) is 15.3. The summed E-state index contributed by atoms with van der Waals surface area (Å²) in [7, 11) is 1.33. The predicted octanol–water partition coefficient (Wildman–Crippen LogP) is 2.90. The van der Waals surface area contributed by atoms with Gasteiger partial charge in [0.25, 0.3) is 5.69 Å². The van der Waals surface area contributed by atoms with Crippen LogP contribution >= 0.6 is 0 Å². The number of nitrogens with one attached hydrogen (secondary N) is 1. The molecular formula is C14H20N2O4. The van der Waals surface area contributed by atoms with E-state index in [2.05, 4.69) is 5.32 Å². The van der Waals surface area contributed by atoms with Crippen molar-refractivity contribution in [3.05, 3.63) is 33.9 Å². The Hall–Kier alpha value is -2.11. The average molecular weight is 280 g/mol. The number of esters is 1. The molecule has 0 amide bonds. The van der Waals surface area contributed by atoms with Gasteiger partial charge in [0.2, 0.25) is 0 Å². The van der Waals surface area contributed by atoms with Crippen molar-refractivity contribution in [1.29, 1.82) is 0 Å². The third-order valence-corrected chi connectivity index (χ3v) is 3.02. The minimum atomic E-state index is -0.513. The highest BCUT2D eigenvalue weighted by atomic mass is 16.6. The molecule has 0 aromatic heterocycles. The standard InChI is InChI=1S/C14H20N2O4/c1-9(2)8-12(14(17)20-4)15-11-6-5-7-13(10(11)3)16(18)19/h5-7,9,12,15H,8H2,1-4H3. The SMILES string of the molecule is COC(=O)C(CC(C)C)Nc1cccc([N+](=O)[O-])c1C. The first kappa shape index (κ1) is 15.9.